The van der Waals surface area contributed by atoms with Crippen molar-refractivity contribution in [1.29, 1.82) is 0 Å². The molecule has 6 nitrogen and oxygen atoms in total. The predicted molar refractivity (Wildman–Crippen MR) is 32.2 cm³/mol. The van der Waals surface area contributed by atoms with E-state index in [0.717, 1.165) is 0 Å². The van der Waals surface area contributed by atoms with E-state index in [-0.39, 0.29) is 10.8 Å². The fourth-order valence-electron chi connectivity index (χ4n) is 0.140. The van der Waals surface area contributed by atoms with Gasteiger partial charge in [0.25, 0.3) is 20.2 Å². The third kappa shape index (κ3) is 7.56. The molecule has 0 unspecified atom stereocenters. The molecule has 2 N–H and O–H groups in total. The minimum absolute atomic E-state index is 0.0394. The zero-order valence-electron chi connectivity index (χ0n) is 4.50. The van der Waals surface area contributed by atoms with Gasteiger partial charge in [-0.05, 0) is 0 Å². The summed E-state index contributed by atoms with van der Waals surface area (Å²) < 4.78 is 54.9. The molecule has 8 heteroatoms. The Labute approximate surface area is 57.7 Å². The van der Waals surface area contributed by atoms with E-state index in [1.165, 1.54) is 0 Å². The zero-order chi connectivity index (χ0) is 8.41. The van der Waals surface area contributed by atoms with E-state index in [2.05, 4.69) is 0 Å². The number of rotatable bonds is 2. The summed E-state index contributed by atoms with van der Waals surface area (Å²) >= 11 is 0. The third-order valence-electron chi connectivity index (χ3n) is 0.399. The van der Waals surface area contributed by atoms with Crippen LogP contribution in [0.5, 0.6) is 0 Å². The zero-order valence-corrected chi connectivity index (χ0v) is 6.13. The standard InChI is InChI=1S/C2H4O6S2/c3-9(4,5)1-2-10(6,7)8/h1-2H,(H,3,4,5)(H,6,7,8). The van der Waals surface area contributed by atoms with E-state index in [1.54, 1.807) is 0 Å². The molecule has 0 aliphatic heterocycles. The molecular weight excluding hydrogens is 184 g/mol. The molecule has 0 heterocycles. The Bertz CT molecular complexity index is 283. The molecule has 0 aliphatic rings. The van der Waals surface area contributed by atoms with Crippen molar-refractivity contribution in [3.63, 3.8) is 0 Å². The lowest BCUT2D eigenvalue weighted by atomic mass is 11.3. The lowest BCUT2D eigenvalue weighted by Gasteiger charge is -1.82. The van der Waals surface area contributed by atoms with Gasteiger partial charge >= 0.3 is 0 Å². The highest BCUT2D eigenvalue weighted by molar-refractivity contribution is 7.92. The van der Waals surface area contributed by atoms with Gasteiger partial charge in [0.2, 0.25) is 0 Å². The van der Waals surface area contributed by atoms with E-state index in [4.69, 9.17) is 9.11 Å². The van der Waals surface area contributed by atoms with Crippen LogP contribution in [0.4, 0.5) is 0 Å². The summed E-state index contributed by atoms with van der Waals surface area (Å²) in [6, 6.07) is 0. The maximum Gasteiger partial charge on any atom is 0.288 e. The monoisotopic (exact) mass is 188 g/mol. The molecule has 0 fully saturated rings. The van der Waals surface area contributed by atoms with E-state index < -0.39 is 20.2 Å². The third-order valence-corrected chi connectivity index (χ3v) is 1.53. The molecular formula is C2H4O6S2. The summed E-state index contributed by atoms with van der Waals surface area (Å²) in [6.07, 6.45) is 0. The second-order valence-corrected chi connectivity index (χ2v) is 3.91. The van der Waals surface area contributed by atoms with Crippen molar-refractivity contribution < 1.29 is 25.9 Å². The molecule has 60 valence electrons. The molecule has 0 rings (SSSR count). The van der Waals surface area contributed by atoms with Gasteiger partial charge in [0.05, 0.1) is 10.8 Å². The smallest absolute Gasteiger partial charge is 0.282 e. The Balaban J connectivity index is 4.64. The maximum atomic E-state index is 9.77. The minimum atomic E-state index is -4.48. The van der Waals surface area contributed by atoms with E-state index in [0.29, 0.717) is 0 Å². The van der Waals surface area contributed by atoms with E-state index in [9.17, 15) is 16.8 Å². The molecule has 0 bridgehead atoms. The van der Waals surface area contributed by atoms with Crippen molar-refractivity contribution in [2.45, 2.75) is 0 Å². The van der Waals surface area contributed by atoms with Crippen molar-refractivity contribution in [2.75, 3.05) is 0 Å². The summed E-state index contributed by atoms with van der Waals surface area (Å²) in [5.74, 6) is 0. The Morgan fingerprint density at radius 1 is 0.800 bits per heavy atom. The van der Waals surface area contributed by atoms with Gasteiger partial charge in [-0.15, -0.1) is 0 Å². The highest BCUT2D eigenvalue weighted by Gasteiger charge is 2.01. The molecule has 10 heavy (non-hydrogen) atoms. The molecule has 0 amide bonds. The van der Waals surface area contributed by atoms with E-state index >= 15 is 0 Å². The Hall–Kier alpha value is -0.440. The normalized spacial score (nSPS) is 14.2. The Kier molecular flexibility index (Phi) is 2.54. The summed E-state index contributed by atoms with van der Waals surface area (Å²) in [5, 5.41) is -0.0787. The van der Waals surface area contributed by atoms with Gasteiger partial charge in [0, 0.05) is 0 Å². The van der Waals surface area contributed by atoms with Crippen LogP contribution < -0.4 is 0 Å². The molecule has 0 atom stereocenters. The quantitative estimate of drug-likeness (QED) is 0.551. The SMILES string of the molecule is O=S(=O)(O)C=CS(=O)(=O)O. The van der Waals surface area contributed by atoms with Gasteiger partial charge in [-0.2, -0.15) is 16.8 Å². The van der Waals surface area contributed by atoms with Crippen molar-refractivity contribution >= 4 is 20.2 Å². The van der Waals surface area contributed by atoms with Gasteiger partial charge in [-0.1, -0.05) is 0 Å². The molecule has 0 spiro atoms. The average Bonchev–Trinajstić information content (AvgIpc) is 1.57. The molecule has 0 saturated carbocycles. The Morgan fingerprint density at radius 3 is 1.10 bits per heavy atom. The van der Waals surface area contributed by atoms with Gasteiger partial charge < -0.3 is 0 Å². The lowest BCUT2D eigenvalue weighted by molar-refractivity contribution is 0.488. The number of hydrogen-bond acceptors (Lipinski definition) is 4. The van der Waals surface area contributed by atoms with Crippen LogP contribution in [0, 0.1) is 0 Å². The van der Waals surface area contributed by atoms with Gasteiger partial charge in [0.1, 0.15) is 0 Å². The average molecular weight is 188 g/mol. The van der Waals surface area contributed by atoms with Gasteiger partial charge in [-0.25, -0.2) is 0 Å². The summed E-state index contributed by atoms with van der Waals surface area (Å²) in [7, 11) is -8.95. The second kappa shape index (κ2) is 2.66. The predicted octanol–water partition coefficient (Wildman–Crippen LogP) is -0.767. The lowest BCUT2D eigenvalue weighted by Crippen LogP contribution is -1.94. The van der Waals surface area contributed by atoms with Gasteiger partial charge in [0.15, 0.2) is 0 Å². The topological polar surface area (TPSA) is 109 Å². The first-order valence-electron chi connectivity index (χ1n) is 1.84. The van der Waals surface area contributed by atoms with Crippen LogP contribution in [-0.2, 0) is 20.2 Å². The summed E-state index contributed by atoms with van der Waals surface area (Å²) in [4.78, 5) is 0. The van der Waals surface area contributed by atoms with Crippen LogP contribution in [-0.4, -0.2) is 25.9 Å². The van der Waals surface area contributed by atoms with Gasteiger partial charge in [-0.3, -0.25) is 9.11 Å². The Morgan fingerprint density at radius 2 is 1.00 bits per heavy atom. The fraction of sp³-hybridized carbons (Fsp3) is 0. The number of hydrogen-bond donors (Lipinski definition) is 2. The van der Waals surface area contributed by atoms with Crippen LogP contribution in [0.3, 0.4) is 0 Å². The molecule has 0 aromatic carbocycles. The molecule has 0 saturated heterocycles. The molecule has 0 aromatic rings. The van der Waals surface area contributed by atoms with Crippen LogP contribution in [0.1, 0.15) is 0 Å². The van der Waals surface area contributed by atoms with Crippen molar-refractivity contribution in [3.8, 4) is 0 Å². The van der Waals surface area contributed by atoms with Crippen molar-refractivity contribution in [1.82, 2.24) is 0 Å². The van der Waals surface area contributed by atoms with Crippen LogP contribution in [0.2, 0.25) is 0 Å². The van der Waals surface area contributed by atoms with Crippen LogP contribution >= 0.6 is 0 Å². The highest BCUT2D eigenvalue weighted by Crippen LogP contribution is 1.89. The van der Waals surface area contributed by atoms with Crippen LogP contribution in [0.25, 0.3) is 0 Å². The molecule has 0 aromatic heterocycles. The first-order chi connectivity index (χ1) is 4.21. The van der Waals surface area contributed by atoms with Crippen LogP contribution in [0.15, 0.2) is 10.8 Å². The second-order valence-electron chi connectivity index (χ2n) is 1.30. The summed E-state index contributed by atoms with van der Waals surface area (Å²) in [6.45, 7) is 0. The maximum absolute atomic E-state index is 9.77. The molecule has 0 aliphatic carbocycles. The summed E-state index contributed by atoms with van der Waals surface area (Å²) in [5.41, 5.74) is 0. The first kappa shape index (κ1) is 9.56. The fourth-order valence-corrected chi connectivity index (χ4v) is 1.26. The largest absolute Gasteiger partial charge is 0.288 e. The van der Waals surface area contributed by atoms with E-state index in [1.807, 2.05) is 0 Å². The van der Waals surface area contributed by atoms with Crippen molar-refractivity contribution in [2.24, 2.45) is 0 Å². The van der Waals surface area contributed by atoms with Crippen molar-refractivity contribution in [3.05, 3.63) is 10.8 Å². The molecule has 0 radical (unpaired) electrons. The highest BCUT2D eigenvalue weighted by atomic mass is 32.2. The first-order valence-corrected chi connectivity index (χ1v) is 4.84. The minimum Gasteiger partial charge on any atom is -0.282 e.